The molecule has 142 valence electrons. The fraction of sp³-hybridized carbons (Fsp3) is 0.353. The van der Waals surface area contributed by atoms with Gasteiger partial charge in [-0.2, -0.15) is 18.0 Å². The van der Waals surface area contributed by atoms with Gasteiger partial charge >= 0.3 is 10.3 Å². The standard InChI is InChI=1S/C17H20N6O3S/c1-12-8-17(22-7-5-13(10-22)11-26-27(18,24)25)23-16(20-12)9-15(21-23)14-4-2-3-6-19-14/h2-4,6,8-9,13H,5,7,10-11H2,1H3,(H2,18,24,25). The minimum absolute atomic E-state index is 0.0812. The first-order chi connectivity index (χ1) is 12.9. The fourth-order valence-corrected chi connectivity index (χ4v) is 3.70. The molecule has 27 heavy (non-hydrogen) atoms. The molecule has 0 amide bonds. The Labute approximate surface area is 157 Å². The number of aryl methyl sites for hydroxylation is 1. The summed E-state index contributed by atoms with van der Waals surface area (Å²) in [5.74, 6) is 0.996. The summed E-state index contributed by atoms with van der Waals surface area (Å²) in [6.07, 6.45) is 2.54. The van der Waals surface area contributed by atoms with Crippen molar-refractivity contribution in [3.05, 3.63) is 42.2 Å². The van der Waals surface area contributed by atoms with Crippen LogP contribution in [0.15, 0.2) is 36.5 Å². The number of pyridine rings is 1. The van der Waals surface area contributed by atoms with Gasteiger partial charge in [-0.3, -0.25) is 9.17 Å². The fourth-order valence-electron chi connectivity index (χ4n) is 3.31. The molecule has 1 fully saturated rings. The quantitative estimate of drug-likeness (QED) is 0.697. The highest BCUT2D eigenvalue weighted by Crippen LogP contribution is 2.27. The molecule has 4 heterocycles. The first-order valence-corrected chi connectivity index (χ1v) is 10.1. The maximum Gasteiger partial charge on any atom is 0.333 e. The van der Waals surface area contributed by atoms with Gasteiger partial charge in [0.15, 0.2) is 5.65 Å². The van der Waals surface area contributed by atoms with Crippen LogP contribution in [0.2, 0.25) is 0 Å². The number of nitrogens with two attached hydrogens (primary N) is 1. The Balaban J connectivity index is 1.63. The molecule has 1 unspecified atom stereocenters. The Morgan fingerprint density at radius 3 is 2.89 bits per heavy atom. The molecule has 0 saturated carbocycles. The van der Waals surface area contributed by atoms with Crippen LogP contribution in [0, 0.1) is 12.8 Å². The highest BCUT2D eigenvalue weighted by Gasteiger charge is 2.26. The highest BCUT2D eigenvalue weighted by atomic mass is 32.2. The number of anilines is 1. The van der Waals surface area contributed by atoms with Crippen molar-refractivity contribution in [2.75, 3.05) is 24.6 Å². The number of hydrogen-bond acceptors (Lipinski definition) is 7. The van der Waals surface area contributed by atoms with Crippen LogP contribution in [-0.4, -0.2) is 47.7 Å². The number of fused-ring (bicyclic) bond motifs is 1. The van der Waals surface area contributed by atoms with Gasteiger partial charge in [-0.25, -0.2) is 10.1 Å². The summed E-state index contributed by atoms with van der Waals surface area (Å²) in [4.78, 5) is 11.1. The van der Waals surface area contributed by atoms with Gasteiger partial charge in [0.25, 0.3) is 0 Å². The third kappa shape index (κ3) is 3.92. The Hall–Kier alpha value is -2.56. The molecule has 3 aromatic heterocycles. The zero-order chi connectivity index (χ0) is 19.0. The molecule has 0 aliphatic carbocycles. The molecule has 10 heteroatoms. The molecular formula is C17H20N6O3S. The van der Waals surface area contributed by atoms with E-state index in [-0.39, 0.29) is 12.5 Å². The Bertz CT molecular complexity index is 1070. The van der Waals surface area contributed by atoms with E-state index in [0.29, 0.717) is 6.54 Å². The number of nitrogens with zero attached hydrogens (tertiary/aromatic N) is 5. The predicted octanol–water partition coefficient (Wildman–Crippen LogP) is 1.15. The lowest BCUT2D eigenvalue weighted by Gasteiger charge is -2.19. The van der Waals surface area contributed by atoms with Crippen LogP contribution in [0.3, 0.4) is 0 Å². The van der Waals surface area contributed by atoms with Crippen LogP contribution in [-0.2, 0) is 14.5 Å². The molecule has 2 N–H and O–H groups in total. The van der Waals surface area contributed by atoms with Gasteiger partial charge in [-0.1, -0.05) is 6.07 Å². The summed E-state index contributed by atoms with van der Waals surface area (Å²) in [5.41, 5.74) is 3.17. The van der Waals surface area contributed by atoms with Gasteiger partial charge in [-0.05, 0) is 25.5 Å². The van der Waals surface area contributed by atoms with Gasteiger partial charge in [0.05, 0.1) is 12.3 Å². The minimum atomic E-state index is -3.92. The van der Waals surface area contributed by atoms with E-state index in [1.54, 1.807) is 10.7 Å². The zero-order valence-corrected chi connectivity index (χ0v) is 15.6. The second kappa shape index (κ2) is 6.87. The van der Waals surface area contributed by atoms with Crippen molar-refractivity contribution >= 4 is 21.8 Å². The normalized spacial score (nSPS) is 17.7. The van der Waals surface area contributed by atoms with Gasteiger partial charge in [0, 0.05) is 43.0 Å². The Morgan fingerprint density at radius 1 is 1.30 bits per heavy atom. The van der Waals surface area contributed by atoms with Gasteiger partial charge in [0.1, 0.15) is 11.5 Å². The van der Waals surface area contributed by atoms with E-state index in [2.05, 4.69) is 20.0 Å². The SMILES string of the molecule is Cc1cc(N2CCC(COS(N)(=O)=O)C2)n2nc(-c3ccccn3)cc2n1. The van der Waals surface area contributed by atoms with E-state index in [1.807, 2.05) is 37.3 Å². The van der Waals surface area contributed by atoms with Crippen LogP contribution >= 0.6 is 0 Å². The molecule has 1 saturated heterocycles. The van der Waals surface area contributed by atoms with E-state index < -0.39 is 10.3 Å². The summed E-state index contributed by atoms with van der Waals surface area (Å²) in [7, 11) is -3.92. The van der Waals surface area contributed by atoms with E-state index in [9.17, 15) is 8.42 Å². The van der Waals surface area contributed by atoms with Gasteiger partial charge < -0.3 is 4.90 Å². The average Bonchev–Trinajstić information content (AvgIpc) is 3.26. The van der Waals surface area contributed by atoms with Crippen molar-refractivity contribution in [3.63, 3.8) is 0 Å². The lowest BCUT2D eigenvalue weighted by molar-refractivity contribution is 0.266. The van der Waals surface area contributed by atoms with Crippen LogP contribution in [0.4, 0.5) is 5.82 Å². The van der Waals surface area contributed by atoms with Crippen LogP contribution in [0.25, 0.3) is 17.0 Å². The largest absolute Gasteiger partial charge is 0.356 e. The van der Waals surface area contributed by atoms with Crippen LogP contribution in [0.1, 0.15) is 12.1 Å². The first kappa shape index (κ1) is 17.8. The molecule has 1 aliphatic rings. The molecule has 9 nitrogen and oxygen atoms in total. The third-order valence-corrected chi connectivity index (χ3v) is 5.01. The molecule has 1 aliphatic heterocycles. The van der Waals surface area contributed by atoms with Crippen molar-refractivity contribution in [2.24, 2.45) is 11.1 Å². The summed E-state index contributed by atoms with van der Waals surface area (Å²) in [6, 6.07) is 9.58. The highest BCUT2D eigenvalue weighted by molar-refractivity contribution is 7.84. The zero-order valence-electron chi connectivity index (χ0n) is 14.8. The van der Waals surface area contributed by atoms with Gasteiger partial charge in [0.2, 0.25) is 0 Å². The lowest BCUT2D eigenvalue weighted by Crippen LogP contribution is -2.25. The number of rotatable bonds is 5. The van der Waals surface area contributed by atoms with E-state index in [4.69, 9.17) is 9.32 Å². The summed E-state index contributed by atoms with van der Waals surface area (Å²) < 4.78 is 28.6. The molecule has 3 aromatic rings. The smallest absolute Gasteiger partial charge is 0.333 e. The lowest BCUT2D eigenvalue weighted by atomic mass is 10.1. The van der Waals surface area contributed by atoms with Gasteiger partial charge in [-0.15, -0.1) is 0 Å². The molecule has 4 rings (SSSR count). The van der Waals surface area contributed by atoms with E-state index in [0.717, 1.165) is 41.5 Å². The van der Waals surface area contributed by atoms with Crippen molar-refractivity contribution < 1.29 is 12.6 Å². The van der Waals surface area contributed by atoms with Crippen molar-refractivity contribution in [3.8, 4) is 11.4 Å². The number of aromatic nitrogens is 4. The first-order valence-electron chi connectivity index (χ1n) is 8.60. The summed E-state index contributed by atoms with van der Waals surface area (Å²) in [6.45, 7) is 3.46. The molecule has 0 radical (unpaired) electrons. The Morgan fingerprint density at radius 2 is 2.15 bits per heavy atom. The van der Waals surface area contributed by atoms with Crippen molar-refractivity contribution in [2.45, 2.75) is 13.3 Å². The summed E-state index contributed by atoms with van der Waals surface area (Å²) >= 11 is 0. The average molecular weight is 388 g/mol. The summed E-state index contributed by atoms with van der Waals surface area (Å²) in [5, 5.41) is 9.60. The molecule has 0 bridgehead atoms. The Kier molecular flexibility index (Phi) is 4.54. The minimum Gasteiger partial charge on any atom is -0.356 e. The topological polar surface area (TPSA) is 116 Å². The van der Waals surface area contributed by atoms with E-state index >= 15 is 0 Å². The molecule has 1 atom stereocenters. The number of hydrogen-bond donors (Lipinski definition) is 1. The predicted molar refractivity (Wildman–Crippen MR) is 100 cm³/mol. The van der Waals surface area contributed by atoms with Crippen molar-refractivity contribution in [1.29, 1.82) is 0 Å². The van der Waals surface area contributed by atoms with Crippen molar-refractivity contribution in [1.82, 2.24) is 19.6 Å². The third-order valence-electron chi connectivity index (χ3n) is 4.54. The maximum atomic E-state index is 11.0. The second-order valence-electron chi connectivity index (χ2n) is 6.65. The van der Waals surface area contributed by atoms with Crippen LogP contribution in [0.5, 0.6) is 0 Å². The maximum absolute atomic E-state index is 11.0. The monoisotopic (exact) mass is 388 g/mol. The molecule has 0 aromatic carbocycles. The molecule has 0 spiro atoms. The second-order valence-corrected chi connectivity index (χ2v) is 7.87. The van der Waals surface area contributed by atoms with E-state index in [1.165, 1.54) is 0 Å². The molecular weight excluding hydrogens is 368 g/mol. The van der Waals surface area contributed by atoms with Crippen LogP contribution < -0.4 is 10.0 Å².